The molecule has 106 valence electrons. The number of rotatable bonds is 3. The van der Waals surface area contributed by atoms with E-state index in [0.29, 0.717) is 5.56 Å². The molecule has 0 bridgehead atoms. The molecule has 1 saturated carbocycles. The summed E-state index contributed by atoms with van der Waals surface area (Å²) < 4.78 is 39.6. The summed E-state index contributed by atoms with van der Waals surface area (Å²) >= 11 is 0. The molecule has 19 heavy (non-hydrogen) atoms. The van der Waals surface area contributed by atoms with Crippen LogP contribution in [0.3, 0.4) is 0 Å². The standard InChI is InChI=1S/C14H19F3N2/c15-11-7-10(8-12(16)13(11)17)14(19-18)9-5-3-1-2-4-6-9/h7-9,14,19H,1-6,18H2. The van der Waals surface area contributed by atoms with Crippen LogP contribution in [0.15, 0.2) is 12.1 Å². The third-order valence-electron chi connectivity index (χ3n) is 3.92. The summed E-state index contributed by atoms with van der Waals surface area (Å²) in [5.74, 6) is 2.01. The monoisotopic (exact) mass is 272 g/mol. The zero-order chi connectivity index (χ0) is 13.8. The fourth-order valence-corrected chi connectivity index (χ4v) is 2.90. The average molecular weight is 272 g/mol. The van der Waals surface area contributed by atoms with Crippen LogP contribution in [-0.4, -0.2) is 0 Å². The van der Waals surface area contributed by atoms with Gasteiger partial charge in [-0.1, -0.05) is 25.7 Å². The molecule has 1 unspecified atom stereocenters. The summed E-state index contributed by atoms with van der Waals surface area (Å²) in [5.41, 5.74) is 3.01. The van der Waals surface area contributed by atoms with Crippen LogP contribution in [0.25, 0.3) is 0 Å². The third-order valence-corrected chi connectivity index (χ3v) is 3.92. The molecule has 1 aromatic rings. The van der Waals surface area contributed by atoms with E-state index in [1.807, 2.05) is 0 Å². The average Bonchev–Trinajstić information content (AvgIpc) is 2.66. The van der Waals surface area contributed by atoms with E-state index in [9.17, 15) is 13.2 Å². The van der Waals surface area contributed by atoms with Crippen molar-refractivity contribution in [3.05, 3.63) is 35.1 Å². The molecule has 3 N–H and O–H groups in total. The molecule has 1 aromatic carbocycles. The smallest absolute Gasteiger partial charge is 0.194 e. The number of benzene rings is 1. The van der Waals surface area contributed by atoms with Crippen LogP contribution < -0.4 is 11.3 Å². The van der Waals surface area contributed by atoms with Crippen molar-refractivity contribution in [3.63, 3.8) is 0 Å². The molecule has 2 nitrogen and oxygen atoms in total. The number of halogens is 3. The Morgan fingerprint density at radius 2 is 1.53 bits per heavy atom. The number of hydrazine groups is 1. The Bertz CT molecular complexity index is 406. The molecule has 5 heteroatoms. The van der Waals surface area contributed by atoms with Crippen molar-refractivity contribution in [2.24, 2.45) is 11.8 Å². The number of nitrogens with two attached hydrogens (primary N) is 1. The maximum atomic E-state index is 13.3. The van der Waals surface area contributed by atoms with E-state index in [1.165, 1.54) is 12.8 Å². The van der Waals surface area contributed by atoms with Gasteiger partial charge in [-0.2, -0.15) is 0 Å². The highest BCUT2D eigenvalue weighted by Gasteiger charge is 2.25. The molecule has 0 amide bonds. The predicted octanol–water partition coefficient (Wildman–Crippen LogP) is 3.58. The lowest BCUT2D eigenvalue weighted by Gasteiger charge is -2.26. The number of hydrogen-bond donors (Lipinski definition) is 2. The quantitative estimate of drug-likeness (QED) is 0.382. The molecule has 0 radical (unpaired) electrons. The van der Waals surface area contributed by atoms with Crippen LogP contribution >= 0.6 is 0 Å². The van der Waals surface area contributed by atoms with Crippen LogP contribution in [0.1, 0.15) is 50.1 Å². The fourth-order valence-electron chi connectivity index (χ4n) is 2.90. The van der Waals surface area contributed by atoms with Gasteiger partial charge in [0.1, 0.15) is 0 Å². The summed E-state index contributed by atoms with van der Waals surface area (Å²) in [4.78, 5) is 0. The zero-order valence-electron chi connectivity index (χ0n) is 10.8. The van der Waals surface area contributed by atoms with E-state index in [0.717, 1.165) is 37.8 Å². The highest BCUT2D eigenvalue weighted by molar-refractivity contribution is 5.23. The normalized spacial score (nSPS) is 19.2. The van der Waals surface area contributed by atoms with Crippen molar-refractivity contribution in [3.8, 4) is 0 Å². The number of nitrogens with one attached hydrogen (secondary N) is 1. The molecule has 1 aliphatic carbocycles. The second-order valence-electron chi connectivity index (χ2n) is 5.19. The first kappa shape index (κ1) is 14.3. The van der Waals surface area contributed by atoms with Crippen LogP contribution in [0.5, 0.6) is 0 Å². The summed E-state index contributed by atoms with van der Waals surface area (Å²) in [7, 11) is 0. The first-order valence-corrected chi connectivity index (χ1v) is 6.74. The van der Waals surface area contributed by atoms with Gasteiger partial charge in [-0.15, -0.1) is 0 Å². The van der Waals surface area contributed by atoms with Crippen molar-refractivity contribution < 1.29 is 13.2 Å². The maximum Gasteiger partial charge on any atom is 0.194 e. The van der Waals surface area contributed by atoms with Gasteiger partial charge in [0, 0.05) is 6.04 Å². The molecule has 2 rings (SSSR count). The van der Waals surface area contributed by atoms with E-state index in [1.54, 1.807) is 0 Å². The molecule has 0 heterocycles. The largest absolute Gasteiger partial charge is 0.271 e. The zero-order valence-corrected chi connectivity index (χ0v) is 10.8. The lowest BCUT2D eigenvalue weighted by Crippen LogP contribution is -2.33. The van der Waals surface area contributed by atoms with Gasteiger partial charge in [0.05, 0.1) is 0 Å². The Morgan fingerprint density at radius 3 is 2.00 bits per heavy atom. The lowest BCUT2D eigenvalue weighted by molar-refractivity contribution is 0.325. The molecule has 1 aliphatic rings. The topological polar surface area (TPSA) is 38.0 Å². The Labute approximate surface area is 111 Å². The predicted molar refractivity (Wildman–Crippen MR) is 67.6 cm³/mol. The van der Waals surface area contributed by atoms with Crippen LogP contribution in [-0.2, 0) is 0 Å². The third kappa shape index (κ3) is 3.28. The molecule has 0 aromatic heterocycles. The van der Waals surface area contributed by atoms with E-state index >= 15 is 0 Å². The Hall–Kier alpha value is -1.07. The van der Waals surface area contributed by atoms with Gasteiger partial charge in [-0.3, -0.25) is 11.3 Å². The Morgan fingerprint density at radius 1 is 1.00 bits per heavy atom. The summed E-state index contributed by atoms with van der Waals surface area (Å²) in [5, 5.41) is 0. The number of hydrogen-bond acceptors (Lipinski definition) is 2. The Balaban J connectivity index is 2.25. The second-order valence-corrected chi connectivity index (χ2v) is 5.19. The van der Waals surface area contributed by atoms with Gasteiger partial charge in [0.2, 0.25) is 0 Å². The first-order chi connectivity index (χ1) is 9.13. The van der Waals surface area contributed by atoms with E-state index in [2.05, 4.69) is 5.43 Å². The minimum absolute atomic E-state index is 0.233. The van der Waals surface area contributed by atoms with Crippen molar-refractivity contribution in [1.29, 1.82) is 0 Å². The summed E-state index contributed by atoms with van der Waals surface area (Å²) in [6.45, 7) is 0. The summed E-state index contributed by atoms with van der Waals surface area (Å²) in [6.07, 6.45) is 6.48. The molecule has 0 saturated heterocycles. The maximum absolute atomic E-state index is 13.3. The van der Waals surface area contributed by atoms with Gasteiger partial charge in [0.25, 0.3) is 0 Å². The molecule has 1 atom stereocenters. The molecular weight excluding hydrogens is 253 g/mol. The van der Waals surface area contributed by atoms with Gasteiger partial charge >= 0.3 is 0 Å². The minimum atomic E-state index is -1.43. The molecule has 0 spiro atoms. The molecule has 0 aliphatic heterocycles. The van der Waals surface area contributed by atoms with Crippen LogP contribution in [0.2, 0.25) is 0 Å². The summed E-state index contributed by atoms with van der Waals surface area (Å²) in [6, 6.07) is 1.74. The highest BCUT2D eigenvalue weighted by atomic mass is 19.2. The van der Waals surface area contributed by atoms with Crippen molar-refractivity contribution in [1.82, 2.24) is 5.43 Å². The second kappa shape index (κ2) is 6.39. The van der Waals surface area contributed by atoms with E-state index in [-0.39, 0.29) is 12.0 Å². The SMILES string of the molecule is NNC(c1cc(F)c(F)c(F)c1)C1CCCCCC1. The van der Waals surface area contributed by atoms with Crippen molar-refractivity contribution in [2.45, 2.75) is 44.6 Å². The van der Waals surface area contributed by atoms with Crippen molar-refractivity contribution in [2.75, 3.05) is 0 Å². The molecular formula is C14H19F3N2. The van der Waals surface area contributed by atoms with Gasteiger partial charge in [0.15, 0.2) is 17.5 Å². The van der Waals surface area contributed by atoms with Gasteiger partial charge in [-0.25, -0.2) is 13.2 Å². The first-order valence-electron chi connectivity index (χ1n) is 6.74. The van der Waals surface area contributed by atoms with Gasteiger partial charge in [-0.05, 0) is 36.5 Å². The molecule has 1 fully saturated rings. The fraction of sp³-hybridized carbons (Fsp3) is 0.571. The lowest BCUT2D eigenvalue weighted by atomic mass is 9.87. The minimum Gasteiger partial charge on any atom is -0.271 e. The Kier molecular flexibility index (Phi) is 4.82. The van der Waals surface area contributed by atoms with Crippen molar-refractivity contribution >= 4 is 0 Å². The van der Waals surface area contributed by atoms with Crippen LogP contribution in [0.4, 0.5) is 13.2 Å². The van der Waals surface area contributed by atoms with E-state index < -0.39 is 17.5 Å². The highest BCUT2D eigenvalue weighted by Crippen LogP contribution is 2.34. The van der Waals surface area contributed by atoms with E-state index in [4.69, 9.17) is 5.84 Å². The van der Waals surface area contributed by atoms with Gasteiger partial charge < -0.3 is 0 Å². The van der Waals surface area contributed by atoms with Crippen LogP contribution in [0, 0.1) is 23.4 Å².